The Hall–Kier alpha value is -1.67. The minimum Gasteiger partial charge on any atom is -0.251 e. The average Bonchev–Trinajstić information content (AvgIpc) is 2.28. The number of aromatic nitrogens is 2. The number of nitrogens with zero attached hydrogens (tertiary/aromatic N) is 2. The molecule has 0 saturated carbocycles. The second kappa shape index (κ2) is 3.67. The van der Waals surface area contributed by atoms with Crippen molar-refractivity contribution in [1.29, 1.82) is 0 Å². The van der Waals surface area contributed by atoms with E-state index in [0.29, 0.717) is 0 Å². The number of benzene rings is 1. The van der Waals surface area contributed by atoms with E-state index in [2.05, 4.69) is 16.0 Å². The molecule has 0 fully saturated rings. The Morgan fingerprint density at radius 2 is 1.59 bits per heavy atom. The molecular formula is C14H11ClN2. The maximum absolute atomic E-state index is 6.23. The van der Waals surface area contributed by atoms with E-state index in [0.717, 1.165) is 38.2 Å². The highest BCUT2D eigenvalue weighted by Gasteiger charge is 2.07. The average molecular weight is 243 g/mol. The highest BCUT2D eigenvalue weighted by molar-refractivity contribution is 6.36. The van der Waals surface area contributed by atoms with Crippen molar-refractivity contribution in [2.75, 3.05) is 0 Å². The van der Waals surface area contributed by atoms with Crippen molar-refractivity contribution in [3.63, 3.8) is 0 Å². The first-order chi connectivity index (χ1) is 8.15. The van der Waals surface area contributed by atoms with Crippen molar-refractivity contribution in [1.82, 2.24) is 9.97 Å². The summed E-state index contributed by atoms with van der Waals surface area (Å²) in [6, 6.07) is 9.99. The summed E-state index contributed by atoms with van der Waals surface area (Å²) in [6.07, 6.45) is 0. The largest absolute Gasteiger partial charge is 0.251 e. The van der Waals surface area contributed by atoms with Crippen LogP contribution in [0, 0.1) is 13.8 Å². The Kier molecular flexibility index (Phi) is 2.26. The molecule has 0 amide bonds. The Morgan fingerprint density at radius 1 is 0.882 bits per heavy atom. The fourth-order valence-electron chi connectivity index (χ4n) is 2.05. The maximum atomic E-state index is 6.23. The van der Waals surface area contributed by atoms with E-state index in [1.165, 1.54) is 0 Å². The van der Waals surface area contributed by atoms with E-state index in [1.54, 1.807) is 0 Å². The zero-order valence-corrected chi connectivity index (χ0v) is 10.4. The van der Waals surface area contributed by atoms with Gasteiger partial charge >= 0.3 is 0 Å². The lowest BCUT2D eigenvalue weighted by Crippen LogP contribution is -1.90. The third-order valence-corrected chi connectivity index (χ3v) is 3.17. The maximum Gasteiger partial charge on any atom is 0.0982 e. The third-order valence-electron chi connectivity index (χ3n) is 2.86. The van der Waals surface area contributed by atoms with E-state index in [4.69, 9.17) is 11.6 Å². The van der Waals surface area contributed by atoms with Crippen LogP contribution >= 0.6 is 11.6 Å². The van der Waals surface area contributed by atoms with Crippen LogP contribution < -0.4 is 0 Å². The van der Waals surface area contributed by atoms with Crippen LogP contribution in [0.25, 0.3) is 21.8 Å². The molecule has 2 aromatic heterocycles. The van der Waals surface area contributed by atoms with E-state index < -0.39 is 0 Å². The van der Waals surface area contributed by atoms with Gasteiger partial charge in [0, 0.05) is 22.2 Å². The number of rotatable bonds is 0. The van der Waals surface area contributed by atoms with Crippen LogP contribution in [0.3, 0.4) is 0 Å². The SMILES string of the molecule is Cc1ccc2ccc3c(Cl)cc(C)nc3c2n1. The van der Waals surface area contributed by atoms with Crippen molar-refractivity contribution in [3.05, 3.63) is 46.7 Å². The highest BCUT2D eigenvalue weighted by Crippen LogP contribution is 2.28. The van der Waals surface area contributed by atoms with Crippen molar-refractivity contribution >= 4 is 33.4 Å². The molecule has 0 atom stereocenters. The Labute approximate surface area is 104 Å². The summed E-state index contributed by atoms with van der Waals surface area (Å²) >= 11 is 6.23. The summed E-state index contributed by atoms with van der Waals surface area (Å²) in [6.45, 7) is 3.93. The van der Waals surface area contributed by atoms with Crippen LogP contribution in [0.15, 0.2) is 30.3 Å². The Bertz CT molecular complexity index is 735. The highest BCUT2D eigenvalue weighted by atomic mass is 35.5. The van der Waals surface area contributed by atoms with Gasteiger partial charge in [0.25, 0.3) is 0 Å². The van der Waals surface area contributed by atoms with Gasteiger partial charge < -0.3 is 0 Å². The molecule has 0 bridgehead atoms. The molecule has 0 saturated heterocycles. The topological polar surface area (TPSA) is 25.8 Å². The molecule has 0 radical (unpaired) electrons. The molecular weight excluding hydrogens is 232 g/mol. The van der Waals surface area contributed by atoms with Gasteiger partial charge in [-0.25, -0.2) is 0 Å². The molecule has 0 aliphatic rings. The van der Waals surface area contributed by atoms with Gasteiger partial charge in [0.15, 0.2) is 0 Å². The second-order valence-electron chi connectivity index (χ2n) is 4.23. The van der Waals surface area contributed by atoms with Gasteiger partial charge in [0.2, 0.25) is 0 Å². The summed E-state index contributed by atoms with van der Waals surface area (Å²) in [5.41, 5.74) is 3.71. The summed E-state index contributed by atoms with van der Waals surface area (Å²) in [7, 11) is 0. The van der Waals surface area contributed by atoms with Gasteiger partial charge in [-0.1, -0.05) is 29.8 Å². The standard InChI is InChI=1S/C14H11ClN2/c1-8-3-4-10-5-6-11-12(15)7-9(2)17-14(11)13(10)16-8/h3-7H,1-2H3. The van der Waals surface area contributed by atoms with E-state index in [-0.39, 0.29) is 0 Å². The fourth-order valence-corrected chi connectivity index (χ4v) is 2.36. The van der Waals surface area contributed by atoms with E-state index in [9.17, 15) is 0 Å². The van der Waals surface area contributed by atoms with Gasteiger partial charge in [-0.2, -0.15) is 0 Å². The van der Waals surface area contributed by atoms with Crippen molar-refractivity contribution in [2.45, 2.75) is 13.8 Å². The number of halogens is 1. The molecule has 3 heteroatoms. The predicted molar refractivity (Wildman–Crippen MR) is 71.5 cm³/mol. The molecule has 0 spiro atoms. The predicted octanol–water partition coefficient (Wildman–Crippen LogP) is 4.05. The molecule has 0 unspecified atom stereocenters. The summed E-state index contributed by atoms with van der Waals surface area (Å²) in [5, 5.41) is 2.79. The van der Waals surface area contributed by atoms with E-state index in [1.807, 2.05) is 38.1 Å². The molecule has 1 aromatic carbocycles. The number of pyridine rings is 2. The molecule has 2 nitrogen and oxygen atoms in total. The summed E-state index contributed by atoms with van der Waals surface area (Å²) in [5.74, 6) is 0. The Balaban J connectivity index is 2.58. The number of fused-ring (bicyclic) bond motifs is 3. The second-order valence-corrected chi connectivity index (χ2v) is 4.64. The lowest BCUT2D eigenvalue weighted by Gasteiger charge is -2.06. The molecule has 0 aliphatic carbocycles. The normalized spacial score (nSPS) is 11.2. The van der Waals surface area contributed by atoms with Crippen LogP contribution in [0.5, 0.6) is 0 Å². The smallest absolute Gasteiger partial charge is 0.0982 e. The number of aryl methyl sites for hydroxylation is 2. The lowest BCUT2D eigenvalue weighted by molar-refractivity contribution is 1.23. The Morgan fingerprint density at radius 3 is 2.41 bits per heavy atom. The van der Waals surface area contributed by atoms with Crippen LogP contribution in [-0.2, 0) is 0 Å². The van der Waals surface area contributed by atoms with Crippen molar-refractivity contribution in [2.24, 2.45) is 0 Å². The zero-order valence-electron chi connectivity index (χ0n) is 9.66. The van der Waals surface area contributed by atoms with Crippen molar-refractivity contribution < 1.29 is 0 Å². The third kappa shape index (κ3) is 1.65. The minimum absolute atomic E-state index is 0.734. The summed E-state index contributed by atoms with van der Waals surface area (Å²) < 4.78 is 0. The van der Waals surface area contributed by atoms with Gasteiger partial charge in [-0.3, -0.25) is 9.97 Å². The van der Waals surface area contributed by atoms with Gasteiger partial charge in [0.05, 0.1) is 16.1 Å². The number of hydrogen-bond donors (Lipinski definition) is 0. The lowest BCUT2D eigenvalue weighted by atomic mass is 10.1. The molecule has 0 N–H and O–H groups in total. The van der Waals surface area contributed by atoms with Crippen LogP contribution in [0.4, 0.5) is 0 Å². The van der Waals surface area contributed by atoms with E-state index >= 15 is 0 Å². The zero-order chi connectivity index (χ0) is 12.0. The van der Waals surface area contributed by atoms with Gasteiger partial charge in [-0.15, -0.1) is 0 Å². The van der Waals surface area contributed by atoms with Crippen LogP contribution in [0.1, 0.15) is 11.4 Å². The first-order valence-electron chi connectivity index (χ1n) is 5.48. The first kappa shape index (κ1) is 10.5. The number of hydrogen-bond acceptors (Lipinski definition) is 2. The monoisotopic (exact) mass is 242 g/mol. The molecule has 3 rings (SSSR count). The summed E-state index contributed by atoms with van der Waals surface area (Å²) in [4.78, 5) is 9.12. The minimum atomic E-state index is 0.734. The van der Waals surface area contributed by atoms with Crippen LogP contribution in [0.2, 0.25) is 5.02 Å². The van der Waals surface area contributed by atoms with Gasteiger partial charge in [0.1, 0.15) is 0 Å². The molecule has 17 heavy (non-hydrogen) atoms. The molecule has 2 heterocycles. The first-order valence-corrected chi connectivity index (χ1v) is 5.86. The fraction of sp³-hybridized carbons (Fsp3) is 0.143. The van der Waals surface area contributed by atoms with Crippen molar-refractivity contribution in [3.8, 4) is 0 Å². The molecule has 3 aromatic rings. The quantitative estimate of drug-likeness (QED) is 0.556. The van der Waals surface area contributed by atoms with Gasteiger partial charge in [-0.05, 0) is 26.0 Å². The molecule has 0 aliphatic heterocycles. The van der Waals surface area contributed by atoms with Crippen LogP contribution in [-0.4, -0.2) is 9.97 Å². The molecule has 84 valence electrons.